The van der Waals surface area contributed by atoms with E-state index in [1.54, 1.807) is 86.8 Å². The molecule has 2 saturated heterocycles. The molecular weight excluding hydrogens is 851 g/mol. The monoisotopic (exact) mass is 923 g/mol. The Morgan fingerprint density at radius 2 is 1.23 bits per heavy atom. The van der Waals surface area contributed by atoms with Gasteiger partial charge in [-0.3, -0.25) is 9.59 Å². The summed E-state index contributed by atoms with van der Waals surface area (Å²) in [5, 5.41) is 118. The predicted molar refractivity (Wildman–Crippen MR) is 237 cm³/mol. The van der Waals surface area contributed by atoms with Gasteiger partial charge in [-0.25, -0.2) is 0 Å². The van der Waals surface area contributed by atoms with Gasteiger partial charge in [0.25, 0.3) is 0 Å². The van der Waals surface area contributed by atoms with Crippen LogP contribution in [0.3, 0.4) is 0 Å². The molecule has 0 spiro atoms. The lowest BCUT2D eigenvalue weighted by Gasteiger charge is -2.45. The average molecular weight is 924 g/mol. The van der Waals surface area contributed by atoms with Crippen molar-refractivity contribution in [2.24, 2.45) is 23.5 Å². The first-order valence-electron chi connectivity index (χ1n) is 22.3. The summed E-state index contributed by atoms with van der Waals surface area (Å²) in [6.45, 7) is 6.72. The third kappa shape index (κ3) is 18.6. The maximum atomic E-state index is 12.6. The van der Waals surface area contributed by atoms with E-state index >= 15 is 0 Å². The Balaban J connectivity index is 1.86. The molecule has 0 saturated carbocycles. The topological polar surface area (TPSA) is 320 Å². The number of allylic oxidation sites excluding steroid dienone is 12. The first kappa shape index (κ1) is 55.9. The number of rotatable bonds is 3. The van der Waals surface area contributed by atoms with Crippen molar-refractivity contribution >= 4 is 11.9 Å². The summed E-state index contributed by atoms with van der Waals surface area (Å²) < 4.78 is 23.1. The lowest BCUT2D eigenvalue weighted by molar-refractivity contribution is -0.308. The Bertz CT molecular complexity index is 1670. The predicted octanol–water partition coefficient (Wildman–Crippen LogP) is 0.712. The van der Waals surface area contributed by atoms with Gasteiger partial charge in [-0.1, -0.05) is 98.9 Å². The highest BCUT2D eigenvalue weighted by Gasteiger charge is 2.51. The van der Waals surface area contributed by atoms with Gasteiger partial charge in [-0.05, 0) is 33.1 Å². The second-order valence-electron chi connectivity index (χ2n) is 17.6. The van der Waals surface area contributed by atoms with Crippen LogP contribution in [0.5, 0.6) is 0 Å². The van der Waals surface area contributed by atoms with Crippen LogP contribution in [0.4, 0.5) is 0 Å². The van der Waals surface area contributed by atoms with Crippen molar-refractivity contribution in [1.29, 1.82) is 0 Å². The van der Waals surface area contributed by atoms with Gasteiger partial charge in [0, 0.05) is 37.5 Å². The number of fused-ring (bicyclic) bond motifs is 2. The standard InChI is InChI=1S/C47H73NO17/c1-27-17-15-13-11-9-7-5-6-8-10-12-14-16-18-34(64-46-44(58)41(48)43(57)30(4)63-46)24-38-40(45(59)60)37(54)26-47(61,65-38)25-33(51)21-31(49)19-20-35(52)36(53)22-32(50)23-39(55)62-29(3)28(2)42(27)56/h5-18,27-38,40-44,46,49-54,56-58,61H,19-26,48H2,1-4H3,(H,59,60)/t27-,28+,29-,30+,31-,32+,33-,34-,35-,36-,37-,38-,40+,41-,42+,43+,44-,46-,47+/m0/s1. The van der Waals surface area contributed by atoms with E-state index in [9.17, 15) is 65.8 Å². The van der Waals surface area contributed by atoms with E-state index in [0.717, 1.165) is 0 Å². The molecule has 3 heterocycles. The second-order valence-corrected chi connectivity index (χ2v) is 17.6. The van der Waals surface area contributed by atoms with Crippen LogP contribution in [0.1, 0.15) is 79.1 Å². The number of aliphatic hydroxyl groups is 10. The minimum atomic E-state index is -2.29. The summed E-state index contributed by atoms with van der Waals surface area (Å²) in [5.41, 5.74) is 6.02. The first-order chi connectivity index (χ1) is 30.6. The number of esters is 1. The molecule has 0 unspecified atom stereocenters. The summed E-state index contributed by atoms with van der Waals surface area (Å²) in [6.07, 6.45) is 3.55. The van der Waals surface area contributed by atoms with Gasteiger partial charge < -0.3 is 80.9 Å². The summed E-state index contributed by atoms with van der Waals surface area (Å²) in [6, 6.07) is -1.14. The summed E-state index contributed by atoms with van der Waals surface area (Å²) in [5.74, 6) is -6.82. The molecule has 3 aliphatic heterocycles. The lowest BCUT2D eigenvalue weighted by atomic mass is 9.82. The lowest BCUT2D eigenvalue weighted by Crippen LogP contribution is -2.61. The molecule has 0 aromatic carbocycles. The number of aliphatic carboxylic acids is 1. The number of carbonyl (C=O) groups is 2. The van der Waals surface area contributed by atoms with E-state index in [0.29, 0.717) is 0 Å². The van der Waals surface area contributed by atoms with Gasteiger partial charge in [0.15, 0.2) is 12.1 Å². The van der Waals surface area contributed by atoms with E-state index in [-0.39, 0.29) is 31.6 Å². The van der Waals surface area contributed by atoms with Crippen molar-refractivity contribution in [2.75, 3.05) is 0 Å². The zero-order valence-electron chi connectivity index (χ0n) is 37.6. The Kier molecular flexibility index (Phi) is 23.6. The molecule has 2 bridgehead atoms. The Labute approximate surface area is 381 Å². The molecule has 0 radical (unpaired) electrons. The SMILES string of the molecule is C[C@H]1[C@H](O)[C@@H](C)C=CC=CC=CC=CC=CC=CC=C[C@H](O[C@@H]2O[C@H](C)[C@@H](O)[C@H](N)[C@@H]2O)C[C@@H]2O[C@](O)(C[C@@H](O)C[C@@H](O)CC[C@H](O)[C@@H](O)C[C@@H](O)CC(=O)O[C@H]1C)C[C@H](O)[C@H]2C(=O)O. The molecule has 0 aromatic rings. The fourth-order valence-corrected chi connectivity index (χ4v) is 7.97. The molecule has 0 aromatic heterocycles. The zero-order valence-corrected chi connectivity index (χ0v) is 37.6. The fraction of sp³-hybridized carbons (Fsp3) is 0.660. The van der Waals surface area contributed by atoms with E-state index < -0.39 is 147 Å². The van der Waals surface area contributed by atoms with Gasteiger partial charge in [0.05, 0.1) is 79.6 Å². The molecule has 18 heteroatoms. The fourth-order valence-electron chi connectivity index (χ4n) is 7.97. The Morgan fingerprint density at radius 3 is 1.82 bits per heavy atom. The number of ether oxygens (including phenoxy) is 4. The van der Waals surface area contributed by atoms with Gasteiger partial charge >= 0.3 is 11.9 Å². The van der Waals surface area contributed by atoms with Gasteiger partial charge in [-0.2, -0.15) is 0 Å². The van der Waals surface area contributed by atoms with Crippen molar-refractivity contribution in [2.45, 2.75) is 177 Å². The van der Waals surface area contributed by atoms with Crippen molar-refractivity contribution in [3.05, 3.63) is 85.1 Å². The largest absolute Gasteiger partial charge is 0.481 e. The number of carboxylic acids is 1. The molecule has 368 valence electrons. The smallest absolute Gasteiger partial charge is 0.311 e. The normalized spacial score (nSPS) is 42.0. The molecule has 19 atom stereocenters. The van der Waals surface area contributed by atoms with Gasteiger partial charge in [0.2, 0.25) is 0 Å². The van der Waals surface area contributed by atoms with Crippen molar-refractivity contribution in [3.8, 4) is 0 Å². The summed E-state index contributed by atoms with van der Waals surface area (Å²) in [4.78, 5) is 25.1. The highest BCUT2D eigenvalue weighted by molar-refractivity contribution is 5.71. The molecular formula is C47H73NO17. The molecule has 2 fully saturated rings. The number of carbonyl (C=O) groups excluding carboxylic acids is 1. The van der Waals surface area contributed by atoms with Crippen molar-refractivity contribution in [3.63, 3.8) is 0 Å². The van der Waals surface area contributed by atoms with Crippen LogP contribution in [-0.2, 0) is 28.5 Å². The van der Waals surface area contributed by atoms with Crippen LogP contribution in [0.25, 0.3) is 0 Å². The van der Waals surface area contributed by atoms with Crippen molar-refractivity contribution < 1.29 is 84.7 Å². The molecule has 3 aliphatic rings. The van der Waals surface area contributed by atoms with Crippen LogP contribution in [0, 0.1) is 17.8 Å². The highest BCUT2D eigenvalue weighted by atomic mass is 16.7. The van der Waals surface area contributed by atoms with Crippen LogP contribution in [0.15, 0.2) is 85.1 Å². The number of hydrogen-bond acceptors (Lipinski definition) is 17. The number of nitrogens with two attached hydrogens (primary N) is 1. The average Bonchev–Trinajstić information content (AvgIpc) is 3.21. The molecule has 65 heavy (non-hydrogen) atoms. The molecule has 18 nitrogen and oxygen atoms in total. The third-order valence-electron chi connectivity index (χ3n) is 12.0. The first-order valence-corrected chi connectivity index (χ1v) is 22.3. The molecule has 0 amide bonds. The molecule has 0 aliphatic carbocycles. The minimum absolute atomic E-state index is 0.140. The summed E-state index contributed by atoms with van der Waals surface area (Å²) >= 11 is 0. The van der Waals surface area contributed by atoms with E-state index in [1.807, 2.05) is 13.0 Å². The van der Waals surface area contributed by atoms with Gasteiger partial charge in [0.1, 0.15) is 18.1 Å². The number of carboxylic acid groups (broad SMARTS) is 1. The molecule has 13 N–H and O–H groups in total. The van der Waals surface area contributed by atoms with E-state index in [4.69, 9.17) is 24.7 Å². The number of hydrogen-bond donors (Lipinski definition) is 12. The van der Waals surface area contributed by atoms with E-state index in [2.05, 4.69) is 0 Å². The second kappa shape index (κ2) is 27.4. The molecule has 3 rings (SSSR count). The highest BCUT2D eigenvalue weighted by Crippen LogP contribution is 2.38. The van der Waals surface area contributed by atoms with Crippen LogP contribution in [-0.4, -0.2) is 166 Å². The Morgan fingerprint density at radius 1 is 0.662 bits per heavy atom. The van der Waals surface area contributed by atoms with E-state index in [1.165, 1.54) is 13.0 Å². The van der Waals surface area contributed by atoms with Crippen molar-refractivity contribution in [1.82, 2.24) is 0 Å². The minimum Gasteiger partial charge on any atom is -0.481 e. The van der Waals surface area contributed by atoms with Crippen LogP contribution >= 0.6 is 0 Å². The third-order valence-corrected chi connectivity index (χ3v) is 12.0. The number of cyclic esters (lactones) is 1. The van der Waals surface area contributed by atoms with Crippen LogP contribution < -0.4 is 5.73 Å². The number of aliphatic hydroxyl groups excluding tert-OH is 9. The maximum Gasteiger partial charge on any atom is 0.311 e. The van der Waals surface area contributed by atoms with Crippen LogP contribution in [0.2, 0.25) is 0 Å². The quantitative estimate of drug-likeness (QED) is 0.174. The maximum absolute atomic E-state index is 12.6. The summed E-state index contributed by atoms with van der Waals surface area (Å²) in [7, 11) is 0. The van der Waals surface area contributed by atoms with Gasteiger partial charge in [-0.15, -0.1) is 0 Å². The Hall–Kier alpha value is -3.44. The zero-order chi connectivity index (χ0) is 48.4.